The van der Waals surface area contributed by atoms with Gasteiger partial charge in [0.15, 0.2) is 11.8 Å². The van der Waals surface area contributed by atoms with Gasteiger partial charge >= 0.3 is 5.97 Å². The zero-order valence-corrected chi connectivity index (χ0v) is 16.2. The van der Waals surface area contributed by atoms with Crippen molar-refractivity contribution in [3.63, 3.8) is 0 Å². The molecule has 1 aromatic heterocycles. The molecule has 0 atom stereocenters. The molecule has 0 bridgehead atoms. The number of guanidine groups is 1. The monoisotopic (exact) mass is 365 g/mol. The van der Waals surface area contributed by atoms with Crippen LogP contribution in [0.3, 0.4) is 0 Å². The number of carbonyl (C=O) groups is 1. The number of hydrogen-bond acceptors (Lipinski definition) is 6. The minimum atomic E-state index is -0.0613. The fourth-order valence-electron chi connectivity index (χ4n) is 3.01. The van der Waals surface area contributed by atoms with Crippen LogP contribution >= 0.6 is 0 Å². The van der Waals surface area contributed by atoms with E-state index in [1.54, 1.807) is 7.05 Å². The SMILES string of the molecule is CCOC(=O)C1CCC(NC(=NC)NCCc2nc(C(C)C)no2)CC1. The summed E-state index contributed by atoms with van der Waals surface area (Å²) in [5.74, 6) is 2.37. The molecule has 1 aromatic rings. The van der Waals surface area contributed by atoms with E-state index in [9.17, 15) is 4.79 Å². The van der Waals surface area contributed by atoms with Crippen molar-refractivity contribution >= 4 is 11.9 Å². The second-order valence-corrected chi connectivity index (χ2v) is 6.89. The zero-order chi connectivity index (χ0) is 18.9. The molecule has 0 aliphatic heterocycles. The maximum Gasteiger partial charge on any atom is 0.308 e. The van der Waals surface area contributed by atoms with E-state index < -0.39 is 0 Å². The Labute approximate surface area is 155 Å². The molecule has 0 unspecified atom stereocenters. The molecule has 2 N–H and O–H groups in total. The third-order valence-corrected chi connectivity index (χ3v) is 4.54. The van der Waals surface area contributed by atoms with Gasteiger partial charge in [-0.3, -0.25) is 9.79 Å². The third-order valence-electron chi connectivity index (χ3n) is 4.54. The summed E-state index contributed by atoms with van der Waals surface area (Å²) in [6.45, 7) is 7.03. The molecule has 146 valence electrons. The summed E-state index contributed by atoms with van der Waals surface area (Å²) in [6, 6.07) is 0.322. The van der Waals surface area contributed by atoms with Crippen LogP contribution in [0.25, 0.3) is 0 Å². The third kappa shape index (κ3) is 6.00. The van der Waals surface area contributed by atoms with Gasteiger partial charge in [-0.2, -0.15) is 4.98 Å². The average molecular weight is 365 g/mol. The van der Waals surface area contributed by atoms with E-state index in [-0.39, 0.29) is 17.8 Å². The van der Waals surface area contributed by atoms with Crippen LogP contribution in [-0.2, 0) is 16.0 Å². The van der Waals surface area contributed by atoms with Crippen LogP contribution in [0.5, 0.6) is 0 Å². The highest BCUT2D eigenvalue weighted by Crippen LogP contribution is 2.25. The lowest BCUT2D eigenvalue weighted by atomic mass is 9.86. The molecule has 26 heavy (non-hydrogen) atoms. The fraction of sp³-hybridized carbons (Fsp3) is 0.778. The molecule has 1 aliphatic carbocycles. The largest absolute Gasteiger partial charge is 0.466 e. The minimum Gasteiger partial charge on any atom is -0.466 e. The highest BCUT2D eigenvalue weighted by molar-refractivity contribution is 5.80. The Kier molecular flexibility index (Phi) is 7.87. The van der Waals surface area contributed by atoms with Gasteiger partial charge < -0.3 is 19.9 Å². The first-order valence-corrected chi connectivity index (χ1v) is 9.49. The van der Waals surface area contributed by atoms with Gasteiger partial charge in [0.2, 0.25) is 5.89 Å². The lowest BCUT2D eigenvalue weighted by molar-refractivity contribution is -0.149. The average Bonchev–Trinajstić information content (AvgIpc) is 3.11. The number of aliphatic imine (C=N–C) groups is 1. The van der Waals surface area contributed by atoms with Crippen molar-refractivity contribution in [2.75, 3.05) is 20.2 Å². The lowest BCUT2D eigenvalue weighted by Gasteiger charge is -2.29. The van der Waals surface area contributed by atoms with Crippen LogP contribution in [0.15, 0.2) is 9.52 Å². The molecular formula is C18H31N5O3. The van der Waals surface area contributed by atoms with E-state index in [4.69, 9.17) is 9.26 Å². The van der Waals surface area contributed by atoms with Gasteiger partial charge in [-0.05, 0) is 32.6 Å². The van der Waals surface area contributed by atoms with E-state index in [1.807, 2.05) is 20.8 Å². The minimum absolute atomic E-state index is 0.0376. The van der Waals surface area contributed by atoms with E-state index in [0.29, 0.717) is 31.5 Å². The standard InChI is InChI=1S/C18H31N5O3/c1-5-25-17(24)13-6-8-14(9-7-13)21-18(19-4)20-11-10-15-22-16(12(2)3)23-26-15/h12-14H,5-11H2,1-4H3,(H2,19,20,21). The molecule has 0 radical (unpaired) electrons. The Morgan fingerprint density at radius 2 is 2.08 bits per heavy atom. The highest BCUT2D eigenvalue weighted by Gasteiger charge is 2.27. The number of hydrogen-bond donors (Lipinski definition) is 2. The summed E-state index contributed by atoms with van der Waals surface area (Å²) in [7, 11) is 1.75. The van der Waals surface area contributed by atoms with Crippen LogP contribution in [0.4, 0.5) is 0 Å². The Hall–Kier alpha value is -2.12. The maximum atomic E-state index is 11.8. The van der Waals surface area contributed by atoms with E-state index in [1.165, 1.54) is 0 Å². The summed E-state index contributed by atoms with van der Waals surface area (Å²) in [6.07, 6.45) is 4.23. The van der Waals surface area contributed by atoms with Gasteiger partial charge in [-0.1, -0.05) is 19.0 Å². The van der Waals surface area contributed by atoms with Crippen LogP contribution < -0.4 is 10.6 Å². The number of aromatic nitrogens is 2. The fourth-order valence-corrected chi connectivity index (χ4v) is 3.01. The predicted molar refractivity (Wildman–Crippen MR) is 99.0 cm³/mol. The second-order valence-electron chi connectivity index (χ2n) is 6.89. The topological polar surface area (TPSA) is 102 Å². The molecule has 8 heteroatoms. The Morgan fingerprint density at radius 1 is 1.35 bits per heavy atom. The van der Waals surface area contributed by atoms with Crippen molar-refractivity contribution < 1.29 is 14.1 Å². The summed E-state index contributed by atoms with van der Waals surface area (Å²) in [4.78, 5) is 20.4. The number of nitrogens with one attached hydrogen (secondary N) is 2. The number of rotatable bonds is 7. The van der Waals surface area contributed by atoms with Gasteiger partial charge in [0, 0.05) is 32.0 Å². The van der Waals surface area contributed by atoms with Gasteiger partial charge in [0.25, 0.3) is 0 Å². The van der Waals surface area contributed by atoms with Crippen molar-refractivity contribution in [2.45, 2.75) is 64.8 Å². The summed E-state index contributed by atoms with van der Waals surface area (Å²) in [5, 5.41) is 10.7. The molecular weight excluding hydrogens is 334 g/mol. The molecule has 0 saturated heterocycles. The Morgan fingerprint density at radius 3 is 2.65 bits per heavy atom. The van der Waals surface area contributed by atoms with Gasteiger partial charge in [0.1, 0.15) is 0 Å². The van der Waals surface area contributed by atoms with Crippen LogP contribution in [-0.4, -0.2) is 48.3 Å². The van der Waals surface area contributed by atoms with E-state index in [0.717, 1.165) is 37.5 Å². The highest BCUT2D eigenvalue weighted by atomic mass is 16.5. The normalized spacial score (nSPS) is 20.9. The lowest BCUT2D eigenvalue weighted by Crippen LogP contribution is -2.45. The molecule has 1 heterocycles. The van der Waals surface area contributed by atoms with Gasteiger partial charge in [-0.15, -0.1) is 0 Å². The quantitative estimate of drug-likeness (QED) is 0.433. The number of nitrogens with zero attached hydrogens (tertiary/aromatic N) is 3. The Bertz CT molecular complexity index is 591. The van der Waals surface area contributed by atoms with Crippen molar-refractivity contribution in [2.24, 2.45) is 10.9 Å². The van der Waals surface area contributed by atoms with Gasteiger partial charge in [-0.25, -0.2) is 0 Å². The van der Waals surface area contributed by atoms with Crippen LogP contribution in [0, 0.1) is 5.92 Å². The van der Waals surface area contributed by atoms with Gasteiger partial charge in [0.05, 0.1) is 12.5 Å². The molecule has 0 spiro atoms. The number of carbonyl (C=O) groups excluding carboxylic acids is 1. The smallest absolute Gasteiger partial charge is 0.308 e. The van der Waals surface area contributed by atoms with Crippen LogP contribution in [0.1, 0.15) is 64.1 Å². The van der Waals surface area contributed by atoms with Crippen molar-refractivity contribution in [3.05, 3.63) is 11.7 Å². The molecule has 1 saturated carbocycles. The van der Waals surface area contributed by atoms with Crippen LogP contribution in [0.2, 0.25) is 0 Å². The zero-order valence-electron chi connectivity index (χ0n) is 16.2. The van der Waals surface area contributed by atoms with E-state index in [2.05, 4.69) is 25.8 Å². The summed E-state index contributed by atoms with van der Waals surface area (Å²) in [5.41, 5.74) is 0. The first-order valence-electron chi connectivity index (χ1n) is 9.49. The molecule has 2 rings (SSSR count). The first kappa shape index (κ1) is 20.2. The predicted octanol–water partition coefficient (Wildman–Crippen LogP) is 2.02. The summed E-state index contributed by atoms with van der Waals surface area (Å²) < 4.78 is 10.4. The van der Waals surface area contributed by atoms with Crippen molar-refractivity contribution in [1.82, 2.24) is 20.8 Å². The second kappa shape index (κ2) is 10.1. The van der Waals surface area contributed by atoms with Crippen molar-refractivity contribution in [3.8, 4) is 0 Å². The molecule has 8 nitrogen and oxygen atoms in total. The Balaban J connectivity index is 1.70. The molecule has 0 aromatic carbocycles. The molecule has 1 fully saturated rings. The first-order chi connectivity index (χ1) is 12.5. The number of esters is 1. The maximum absolute atomic E-state index is 11.8. The van der Waals surface area contributed by atoms with E-state index >= 15 is 0 Å². The van der Waals surface area contributed by atoms with Crippen molar-refractivity contribution in [1.29, 1.82) is 0 Å². The molecule has 0 amide bonds. The summed E-state index contributed by atoms with van der Waals surface area (Å²) >= 11 is 0. The number of ether oxygens (including phenoxy) is 1. The molecule has 1 aliphatic rings.